The maximum atomic E-state index is 12.5. The lowest BCUT2D eigenvalue weighted by atomic mass is 10.00. The second-order valence-corrected chi connectivity index (χ2v) is 5.01. The van der Waals surface area contributed by atoms with Gasteiger partial charge >= 0.3 is 0 Å². The first kappa shape index (κ1) is 13.9. The Bertz CT molecular complexity index is 490. The highest BCUT2D eigenvalue weighted by Crippen LogP contribution is 2.20. The third-order valence-electron chi connectivity index (χ3n) is 3.42. The average molecular weight is 281 g/mol. The van der Waals surface area contributed by atoms with Crippen molar-refractivity contribution in [2.45, 2.75) is 31.2 Å². The summed E-state index contributed by atoms with van der Waals surface area (Å²) in [5, 5.41) is 0. The number of likely N-dealkylation sites (tertiary alicyclic amines) is 1. The molecule has 4 nitrogen and oxygen atoms in total. The fraction of sp³-hybridized carbons (Fsp3) is 0.429. The van der Waals surface area contributed by atoms with Crippen LogP contribution in [0.25, 0.3) is 0 Å². The Morgan fingerprint density at radius 1 is 1.37 bits per heavy atom. The smallest absolute Gasteiger partial charge is 0.254 e. The molecule has 1 aromatic carbocycles. The number of hydrogen-bond acceptors (Lipinski definition) is 2. The monoisotopic (exact) mass is 280 g/mol. The fourth-order valence-corrected chi connectivity index (χ4v) is 2.59. The van der Waals surface area contributed by atoms with Crippen molar-refractivity contribution in [2.75, 3.05) is 6.54 Å². The number of piperidine rings is 1. The molecule has 1 unspecified atom stereocenters. The summed E-state index contributed by atoms with van der Waals surface area (Å²) in [6.07, 6.45) is 2.49. The second-order valence-electron chi connectivity index (χ2n) is 4.75. The van der Waals surface area contributed by atoms with Crippen LogP contribution >= 0.6 is 11.6 Å². The van der Waals surface area contributed by atoms with Crippen LogP contribution in [0.3, 0.4) is 0 Å². The van der Waals surface area contributed by atoms with Crippen molar-refractivity contribution in [3.63, 3.8) is 0 Å². The molecular formula is C14H17ClN2O2. The molecule has 0 aliphatic carbocycles. The van der Waals surface area contributed by atoms with Crippen molar-refractivity contribution in [3.8, 4) is 0 Å². The minimum Gasteiger partial charge on any atom is -0.368 e. The molecule has 0 saturated carbocycles. The van der Waals surface area contributed by atoms with Crippen molar-refractivity contribution in [2.24, 2.45) is 5.73 Å². The molecule has 1 aliphatic rings. The molecule has 0 spiro atoms. The number of amides is 2. The highest BCUT2D eigenvalue weighted by Gasteiger charge is 2.31. The first-order valence-corrected chi connectivity index (χ1v) is 6.92. The Balaban J connectivity index is 2.23. The number of primary amides is 1. The molecule has 0 bridgehead atoms. The van der Waals surface area contributed by atoms with Gasteiger partial charge in [0.25, 0.3) is 5.91 Å². The highest BCUT2D eigenvalue weighted by molar-refractivity contribution is 6.17. The van der Waals surface area contributed by atoms with E-state index >= 15 is 0 Å². The summed E-state index contributed by atoms with van der Waals surface area (Å²) < 4.78 is 0. The maximum absolute atomic E-state index is 12.5. The number of halogens is 1. The zero-order valence-corrected chi connectivity index (χ0v) is 11.4. The van der Waals surface area contributed by atoms with E-state index in [2.05, 4.69) is 0 Å². The van der Waals surface area contributed by atoms with E-state index in [1.54, 1.807) is 23.1 Å². The Morgan fingerprint density at radius 2 is 2.16 bits per heavy atom. The maximum Gasteiger partial charge on any atom is 0.254 e. The average Bonchev–Trinajstić information content (AvgIpc) is 2.46. The number of nitrogens with zero attached hydrogens (tertiary/aromatic N) is 1. The normalized spacial score (nSPS) is 19.2. The Hall–Kier alpha value is -1.55. The molecule has 1 saturated heterocycles. The van der Waals surface area contributed by atoms with Crippen LogP contribution in [0.15, 0.2) is 24.3 Å². The van der Waals surface area contributed by atoms with Crippen LogP contribution in [-0.2, 0) is 10.7 Å². The third-order valence-corrected chi connectivity index (χ3v) is 3.73. The van der Waals surface area contributed by atoms with Gasteiger partial charge in [0.1, 0.15) is 6.04 Å². The minimum atomic E-state index is -0.485. The van der Waals surface area contributed by atoms with Gasteiger partial charge in [0, 0.05) is 18.0 Å². The third kappa shape index (κ3) is 3.07. The van der Waals surface area contributed by atoms with Gasteiger partial charge < -0.3 is 10.6 Å². The Morgan fingerprint density at radius 3 is 2.84 bits per heavy atom. The summed E-state index contributed by atoms with van der Waals surface area (Å²) in [6, 6.07) is 6.69. The van der Waals surface area contributed by atoms with E-state index in [0.29, 0.717) is 24.4 Å². The van der Waals surface area contributed by atoms with Crippen molar-refractivity contribution >= 4 is 23.4 Å². The van der Waals surface area contributed by atoms with Crippen LogP contribution in [0.5, 0.6) is 0 Å². The number of nitrogens with two attached hydrogens (primary N) is 1. The number of rotatable bonds is 3. The Kier molecular flexibility index (Phi) is 4.43. The van der Waals surface area contributed by atoms with Crippen LogP contribution in [0.4, 0.5) is 0 Å². The van der Waals surface area contributed by atoms with Crippen molar-refractivity contribution in [1.82, 2.24) is 4.90 Å². The van der Waals surface area contributed by atoms with Gasteiger partial charge in [-0.1, -0.05) is 12.1 Å². The van der Waals surface area contributed by atoms with Gasteiger partial charge in [-0.2, -0.15) is 0 Å². The molecular weight excluding hydrogens is 264 g/mol. The summed E-state index contributed by atoms with van der Waals surface area (Å²) in [5.74, 6) is -0.211. The summed E-state index contributed by atoms with van der Waals surface area (Å²) in [6.45, 7) is 0.581. The lowest BCUT2D eigenvalue weighted by Gasteiger charge is -2.33. The van der Waals surface area contributed by atoms with E-state index < -0.39 is 11.9 Å². The number of carbonyl (C=O) groups is 2. The van der Waals surface area contributed by atoms with Crippen LogP contribution < -0.4 is 5.73 Å². The van der Waals surface area contributed by atoms with Gasteiger partial charge in [0.15, 0.2) is 0 Å². The molecule has 19 heavy (non-hydrogen) atoms. The predicted octanol–water partition coefficient (Wildman–Crippen LogP) is 1.91. The van der Waals surface area contributed by atoms with E-state index in [0.717, 1.165) is 18.4 Å². The topological polar surface area (TPSA) is 63.4 Å². The summed E-state index contributed by atoms with van der Waals surface area (Å²) in [7, 11) is 0. The van der Waals surface area contributed by atoms with Crippen LogP contribution in [0.2, 0.25) is 0 Å². The first-order chi connectivity index (χ1) is 9.13. The molecule has 1 fully saturated rings. The zero-order chi connectivity index (χ0) is 13.8. The number of alkyl halides is 1. The van der Waals surface area contributed by atoms with E-state index in [9.17, 15) is 9.59 Å². The minimum absolute atomic E-state index is 0.143. The molecule has 2 N–H and O–H groups in total. The fourth-order valence-electron chi connectivity index (χ4n) is 2.42. The molecule has 1 atom stereocenters. The summed E-state index contributed by atoms with van der Waals surface area (Å²) >= 11 is 5.77. The first-order valence-electron chi connectivity index (χ1n) is 6.38. The lowest BCUT2D eigenvalue weighted by molar-refractivity contribution is -0.123. The van der Waals surface area contributed by atoms with E-state index in [1.807, 2.05) is 6.07 Å². The van der Waals surface area contributed by atoms with E-state index in [4.69, 9.17) is 17.3 Å². The number of hydrogen-bond donors (Lipinski definition) is 1. The van der Waals surface area contributed by atoms with Gasteiger partial charge in [0.05, 0.1) is 0 Å². The van der Waals surface area contributed by atoms with Crippen molar-refractivity contribution in [1.29, 1.82) is 0 Å². The molecule has 1 heterocycles. The SMILES string of the molecule is NC(=O)C1CCCCN1C(=O)c1cccc(CCl)c1. The molecule has 1 aromatic rings. The summed E-state index contributed by atoms with van der Waals surface area (Å²) in [5.41, 5.74) is 6.83. The predicted molar refractivity (Wildman–Crippen MR) is 73.9 cm³/mol. The molecule has 102 valence electrons. The number of benzene rings is 1. The molecule has 0 aromatic heterocycles. The zero-order valence-electron chi connectivity index (χ0n) is 10.6. The highest BCUT2D eigenvalue weighted by atomic mass is 35.5. The molecule has 5 heteroatoms. The molecule has 2 rings (SSSR count). The van der Waals surface area contributed by atoms with Crippen LogP contribution in [0, 0.1) is 0 Å². The van der Waals surface area contributed by atoms with Crippen LogP contribution in [-0.4, -0.2) is 29.3 Å². The quantitative estimate of drug-likeness (QED) is 0.860. The van der Waals surface area contributed by atoms with Gasteiger partial charge in [-0.15, -0.1) is 11.6 Å². The van der Waals surface area contributed by atoms with Gasteiger partial charge in [-0.3, -0.25) is 9.59 Å². The molecule has 2 amide bonds. The molecule has 1 aliphatic heterocycles. The largest absolute Gasteiger partial charge is 0.368 e. The van der Waals surface area contributed by atoms with E-state index in [1.165, 1.54) is 0 Å². The second kappa shape index (κ2) is 6.06. The lowest BCUT2D eigenvalue weighted by Crippen LogP contribution is -2.50. The van der Waals surface area contributed by atoms with Crippen molar-refractivity contribution in [3.05, 3.63) is 35.4 Å². The van der Waals surface area contributed by atoms with Crippen LogP contribution in [0.1, 0.15) is 35.2 Å². The van der Waals surface area contributed by atoms with Gasteiger partial charge in [0.2, 0.25) is 5.91 Å². The number of carbonyl (C=O) groups excluding carboxylic acids is 2. The molecule has 0 radical (unpaired) electrons. The van der Waals surface area contributed by atoms with E-state index in [-0.39, 0.29) is 5.91 Å². The van der Waals surface area contributed by atoms with Crippen molar-refractivity contribution < 1.29 is 9.59 Å². The Labute approximate surface area is 117 Å². The van der Waals surface area contributed by atoms with Gasteiger partial charge in [-0.25, -0.2) is 0 Å². The standard InChI is InChI=1S/C14H17ClN2O2/c15-9-10-4-3-5-11(8-10)14(19)17-7-2-1-6-12(17)13(16)18/h3-5,8,12H,1-2,6-7,9H2,(H2,16,18). The van der Waals surface area contributed by atoms with Gasteiger partial charge in [-0.05, 0) is 37.0 Å². The summed E-state index contributed by atoms with van der Waals surface area (Å²) in [4.78, 5) is 25.5.